The number of hydrogen-bond donors (Lipinski definition) is 0. The molecule has 3 nitrogen and oxygen atoms in total. The Bertz CT molecular complexity index is 761. The van der Waals surface area contributed by atoms with Crippen LogP contribution in [-0.2, 0) is 14.3 Å². The summed E-state index contributed by atoms with van der Waals surface area (Å²) in [5.74, 6) is 0.950. The average molecular weight is 314 g/mol. The number of Topliss-reactive ketones (excluding diaryl/α,β-unsaturated/α-hetero) is 1. The third-order valence-electron chi connectivity index (χ3n) is 5.24. The maximum Gasteiger partial charge on any atom is 0.189 e. The number of fused-ring (bicyclic) bond motifs is 2. The van der Waals surface area contributed by atoms with Gasteiger partial charge in [-0.15, -0.1) is 0 Å². The van der Waals surface area contributed by atoms with Crippen molar-refractivity contribution in [1.29, 1.82) is 0 Å². The lowest BCUT2D eigenvalue weighted by Crippen LogP contribution is -2.31. The van der Waals surface area contributed by atoms with E-state index in [1.54, 1.807) is 13.2 Å². The molecule has 0 saturated carbocycles. The van der Waals surface area contributed by atoms with Crippen molar-refractivity contribution in [3.8, 4) is 0 Å². The summed E-state index contributed by atoms with van der Waals surface area (Å²) in [5, 5.41) is 0. The molecule has 4 rings (SSSR count). The summed E-state index contributed by atoms with van der Waals surface area (Å²) in [6, 6.07) is 0. The van der Waals surface area contributed by atoms with E-state index < -0.39 is 5.41 Å². The van der Waals surface area contributed by atoms with Gasteiger partial charge in [0.1, 0.15) is 17.7 Å². The molecule has 0 radical (unpaired) electrons. The highest BCUT2D eigenvalue weighted by molar-refractivity contribution is 6.12. The first-order chi connectivity index (χ1) is 10.9. The fourth-order valence-corrected chi connectivity index (χ4v) is 4.02. The zero-order chi connectivity index (χ0) is 16.4. The topological polar surface area (TPSA) is 35.5 Å². The van der Waals surface area contributed by atoms with Crippen molar-refractivity contribution in [2.24, 2.45) is 11.3 Å². The monoisotopic (exact) mass is 314 g/mol. The van der Waals surface area contributed by atoms with Gasteiger partial charge in [-0.05, 0) is 50.1 Å². The third kappa shape index (κ3) is 1.90. The summed E-state index contributed by atoms with van der Waals surface area (Å²) in [5.41, 5.74) is 2.00. The first kappa shape index (κ1) is 14.5. The second-order valence-corrected chi connectivity index (χ2v) is 6.92. The number of hydrogen-bond acceptors (Lipinski definition) is 3. The lowest BCUT2D eigenvalue weighted by Gasteiger charge is -2.36. The molecule has 4 aliphatic rings. The molecule has 0 aromatic rings. The number of allylic oxidation sites excluding steroid dienone is 6. The Hall–Kier alpha value is -2.10. The minimum Gasteiger partial charge on any atom is -0.501 e. The fraction of sp³-hybridized carbons (Fsp3) is 0.421. The summed E-state index contributed by atoms with van der Waals surface area (Å²) in [7, 11) is 1.65. The SMILES string of the molecule is COC1=CC2=C(CC1)C(=O)C1=C(OC3C=CC(F)=CC13)C2(C)C. The van der Waals surface area contributed by atoms with Crippen LogP contribution in [0.3, 0.4) is 0 Å². The normalized spacial score (nSPS) is 31.0. The Balaban J connectivity index is 1.85. The maximum atomic E-state index is 13.7. The molecule has 4 heteroatoms. The molecule has 0 bridgehead atoms. The molecule has 2 atom stereocenters. The second kappa shape index (κ2) is 4.70. The molecule has 0 aromatic heterocycles. The van der Waals surface area contributed by atoms with Gasteiger partial charge in [0.25, 0.3) is 0 Å². The zero-order valence-corrected chi connectivity index (χ0v) is 13.5. The van der Waals surface area contributed by atoms with Crippen LogP contribution in [0, 0.1) is 11.3 Å². The van der Waals surface area contributed by atoms with Gasteiger partial charge in [-0.25, -0.2) is 4.39 Å². The van der Waals surface area contributed by atoms with Gasteiger partial charge < -0.3 is 9.47 Å². The molecule has 0 spiro atoms. The molecule has 0 fully saturated rings. The van der Waals surface area contributed by atoms with Gasteiger partial charge in [0.2, 0.25) is 0 Å². The van der Waals surface area contributed by atoms with Crippen LogP contribution in [0.4, 0.5) is 4.39 Å². The van der Waals surface area contributed by atoms with Crippen molar-refractivity contribution in [1.82, 2.24) is 0 Å². The van der Waals surface area contributed by atoms with E-state index in [0.717, 1.165) is 23.3 Å². The molecule has 0 aromatic carbocycles. The number of ketones is 1. The number of rotatable bonds is 1. The van der Waals surface area contributed by atoms with Crippen molar-refractivity contribution < 1.29 is 18.7 Å². The van der Waals surface area contributed by atoms with E-state index in [4.69, 9.17) is 9.47 Å². The highest BCUT2D eigenvalue weighted by atomic mass is 19.1. The highest BCUT2D eigenvalue weighted by Crippen LogP contribution is 2.53. The highest BCUT2D eigenvalue weighted by Gasteiger charge is 2.50. The Morgan fingerprint density at radius 1 is 1.35 bits per heavy atom. The quantitative estimate of drug-likeness (QED) is 0.736. The van der Waals surface area contributed by atoms with Crippen molar-refractivity contribution >= 4 is 5.78 Å². The summed E-state index contributed by atoms with van der Waals surface area (Å²) < 4.78 is 25.1. The van der Waals surface area contributed by atoms with E-state index >= 15 is 0 Å². The molecule has 1 heterocycles. The van der Waals surface area contributed by atoms with Crippen molar-refractivity contribution in [2.45, 2.75) is 32.8 Å². The van der Waals surface area contributed by atoms with Gasteiger partial charge in [-0.1, -0.05) is 0 Å². The van der Waals surface area contributed by atoms with Crippen LogP contribution in [0.5, 0.6) is 0 Å². The number of halogens is 1. The van der Waals surface area contributed by atoms with Crippen LogP contribution >= 0.6 is 0 Å². The Labute approximate surface area is 134 Å². The van der Waals surface area contributed by atoms with E-state index in [2.05, 4.69) is 13.8 Å². The molecule has 2 unspecified atom stereocenters. The summed E-state index contributed by atoms with van der Waals surface area (Å²) >= 11 is 0. The number of carbonyl (C=O) groups excluding carboxylic acids is 1. The molecule has 3 aliphatic carbocycles. The molecule has 120 valence electrons. The van der Waals surface area contributed by atoms with E-state index in [-0.39, 0.29) is 23.6 Å². The molecule has 0 amide bonds. The number of ether oxygens (including phenoxy) is 2. The Kier molecular flexibility index (Phi) is 2.96. The smallest absolute Gasteiger partial charge is 0.189 e. The van der Waals surface area contributed by atoms with Crippen LogP contribution in [0.1, 0.15) is 26.7 Å². The summed E-state index contributed by atoms with van der Waals surface area (Å²) in [6.07, 6.45) is 7.69. The average Bonchev–Trinajstić information content (AvgIpc) is 2.92. The Morgan fingerprint density at radius 3 is 2.87 bits per heavy atom. The van der Waals surface area contributed by atoms with Gasteiger partial charge in [0.15, 0.2) is 5.78 Å². The predicted octanol–water partition coefficient (Wildman–Crippen LogP) is 3.91. The molecular formula is C19H19FO3. The fourth-order valence-electron chi connectivity index (χ4n) is 4.02. The number of methoxy groups -OCH3 is 1. The van der Waals surface area contributed by atoms with Crippen molar-refractivity contribution in [2.75, 3.05) is 7.11 Å². The van der Waals surface area contributed by atoms with E-state index in [9.17, 15) is 9.18 Å². The summed E-state index contributed by atoms with van der Waals surface area (Å²) in [6.45, 7) is 4.11. The van der Waals surface area contributed by atoms with Gasteiger partial charge in [-0.3, -0.25) is 4.79 Å². The van der Waals surface area contributed by atoms with Crippen LogP contribution in [-0.4, -0.2) is 19.0 Å². The van der Waals surface area contributed by atoms with Gasteiger partial charge in [0, 0.05) is 23.0 Å². The minimum absolute atomic E-state index is 0.00702. The summed E-state index contributed by atoms with van der Waals surface area (Å²) in [4.78, 5) is 13.0. The Morgan fingerprint density at radius 2 is 2.13 bits per heavy atom. The maximum absolute atomic E-state index is 13.7. The molecular weight excluding hydrogens is 295 g/mol. The van der Waals surface area contributed by atoms with Crippen LogP contribution in [0.15, 0.2) is 58.4 Å². The minimum atomic E-state index is -0.418. The molecule has 0 saturated heterocycles. The van der Waals surface area contributed by atoms with Gasteiger partial charge in [0.05, 0.1) is 18.8 Å². The standard InChI is InChI=1S/C19H19FO3/c1-19(2)14-9-11(22-3)5-6-12(14)17(21)16-13-8-10(20)4-7-15(13)23-18(16)19/h4,7-9,13,15H,5-6H2,1-3H3. The van der Waals surface area contributed by atoms with Gasteiger partial charge in [-0.2, -0.15) is 0 Å². The van der Waals surface area contributed by atoms with Crippen molar-refractivity contribution in [3.05, 3.63) is 58.4 Å². The first-order valence-electron chi connectivity index (χ1n) is 7.93. The van der Waals surface area contributed by atoms with Crippen LogP contribution in [0.25, 0.3) is 0 Å². The largest absolute Gasteiger partial charge is 0.501 e. The van der Waals surface area contributed by atoms with E-state index in [1.807, 2.05) is 6.08 Å². The van der Waals surface area contributed by atoms with Crippen molar-refractivity contribution in [3.63, 3.8) is 0 Å². The number of carbonyl (C=O) groups is 1. The van der Waals surface area contributed by atoms with Crippen LogP contribution < -0.4 is 0 Å². The van der Waals surface area contributed by atoms with E-state index in [0.29, 0.717) is 17.8 Å². The molecule has 1 aliphatic heterocycles. The first-order valence-corrected chi connectivity index (χ1v) is 7.93. The molecule has 23 heavy (non-hydrogen) atoms. The third-order valence-corrected chi connectivity index (χ3v) is 5.24. The predicted molar refractivity (Wildman–Crippen MR) is 83.9 cm³/mol. The lowest BCUT2D eigenvalue weighted by atomic mass is 9.68. The molecule has 0 N–H and O–H groups in total. The van der Waals surface area contributed by atoms with Gasteiger partial charge >= 0.3 is 0 Å². The lowest BCUT2D eigenvalue weighted by molar-refractivity contribution is -0.113. The second-order valence-electron chi connectivity index (χ2n) is 6.92. The van der Waals surface area contributed by atoms with E-state index in [1.165, 1.54) is 12.2 Å². The van der Waals surface area contributed by atoms with Crippen LogP contribution in [0.2, 0.25) is 0 Å². The zero-order valence-electron chi connectivity index (χ0n) is 13.5.